The molecule has 2 nitrogen and oxygen atoms in total. The van der Waals surface area contributed by atoms with Gasteiger partial charge in [-0.25, -0.2) is 4.39 Å². The zero-order valence-corrected chi connectivity index (χ0v) is 8.90. The highest BCUT2D eigenvalue weighted by molar-refractivity contribution is 8.13. The first-order valence-corrected chi connectivity index (χ1v) is 5.19. The fourth-order valence-electron chi connectivity index (χ4n) is 0.866. The number of carbonyl (C=O) groups is 1. The molecule has 0 spiro atoms. The van der Waals surface area contributed by atoms with E-state index < -0.39 is 11.6 Å². The summed E-state index contributed by atoms with van der Waals surface area (Å²) in [7, 11) is 0. The third-order valence-corrected chi connectivity index (χ3v) is 2.22. The molecule has 0 aliphatic carbocycles. The van der Waals surface area contributed by atoms with Crippen LogP contribution in [0.4, 0.5) is 4.39 Å². The second-order valence-corrected chi connectivity index (χ2v) is 3.90. The van der Waals surface area contributed by atoms with E-state index in [2.05, 4.69) is 11.8 Å². The Bertz CT molecular complexity index is 432. The average molecular weight is 224 g/mol. The van der Waals surface area contributed by atoms with Gasteiger partial charge in [-0.3, -0.25) is 4.79 Å². The summed E-state index contributed by atoms with van der Waals surface area (Å²) in [4.78, 5) is 10.6. The van der Waals surface area contributed by atoms with Gasteiger partial charge >= 0.3 is 0 Å². The first-order chi connectivity index (χ1) is 7.09. The Hall–Kier alpha value is -1.47. The van der Waals surface area contributed by atoms with E-state index >= 15 is 0 Å². The Morgan fingerprint density at radius 1 is 1.60 bits per heavy atom. The highest BCUT2D eigenvalue weighted by Gasteiger charge is 1.98. The minimum absolute atomic E-state index is 0.00579. The van der Waals surface area contributed by atoms with Crippen molar-refractivity contribution in [2.75, 3.05) is 5.75 Å². The fraction of sp³-hybridized carbons (Fsp3) is 0.182. The third-order valence-electron chi connectivity index (χ3n) is 1.53. The van der Waals surface area contributed by atoms with Crippen LogP contribution >= 0.6 is 11.8 Å². The molecule has 0 saturated heterocycles. The first-order valence-electron chi connectivity index (χ1n) is 4.20. The highest BCUT2D eigenvalue weighted by atomic mass is 32.2. The molecule has 0 radical (unpaired) electrons. The fourth-order valence-corrected chi connectivity index (χ4v) is 1.21. The van der Waals surface area contributed by atoms with Crippen molar-refractivity contribution in [3.63, 3.8) is 0 Å². The van der Waals surface area contributed by atoms with Crippen LogP contribution in [0.25, 0.3) is 0 Å². The summed E-state index contributed by atoms with van der Waals surface area (Å²) in [5.41, 5.74) is 0.526. The third kappa shape index (κ3) is 4.05. The molecular formula is C11H9FO2S. The van der Waals surface area contributed by atoms with Gasteiger partial charge in [-0.1, -0.05) is 23.6 Å². The summed E-state index contributed by atoms with van der Waals surface area (Å²) < 4.78 is 12.6. The quantitative estimate of drug-likeness (QED) is 0.743. The molecule has 0 bridgehead atoms. The van der Waals surface area contributed by atoms with Gasteiger partial charge in [0.1, 0.15) is 0 Å². The van der Waals surface area contributed by atoms with Crippen molar-refractivity contribution in [3.8, 4) is 17.6 Å². The second-order valence-electron chi connectivity index (χ2n) is 2.75. The molecule has 4 heteroatoms. The molecule has 0 aromatic heterocycles. The summed E-state index contributed by atoms with van der Waals surface area (Å²) in [6.45, 7) is 1.47. The lowest BCUT2D eigenvalue weighted by molar-refractivity contribution is -0.109. The Balaban J connectivity index is 2.64. The van der Waals surface area contributed by atoms with Crippen molar-refractivity contribution in [1.82, 2.24) is 0 Å². The zero-order chi connectivity index (χ0) is 11.3. The van der Waals surface area contributed by atoms with E-state index in [9.17, 15) is 9.18 Å². The summed E-state index contributed by atoms with van der Waals surface area (Å²) in [5, 5.41) is 9.05. The normalized spacial score (nSPS) is 9.20. The van der Waals surface area contributed by atoms with E-state index in [0.717, 1.165) is 17.8 Å². The highest BCUT2D eigenvalue weighted by Crippen LogP contribution is 2.15. The summed E-state index contributed by atoms with van der Waals surface area (Å²) in [6, 6.07) is 3.87. The Labute approximate surface area is 91.5 Å². The lowest BCUT2D eigenvalue weighted by Crippen LogP contribution is -1.83. The molecule has 0 aliphatic rings. The van der Waals surface area contributed by atoms with Gasteiger partial charge in [-0.15, -0.1) is 0 Å². The van der Waals surface area contributed by atoms with Gasteiger partial charge in [0.2, 0.25) is 0 Å². The standard InChI is InChI=1S/C11H9FO2S/c1-8(13)15-6-2-3-9-4-5-10(12)11(14)7-9/h4-5,7,14H,6H2,1H3. The van der Waals surface area contributed by atoms with Gasteiger partial charge in [-0.05, 0) is 18.2 Å². The monoisotopic (exact) mass is 224 g/mol. The molecule has 15 heavy (non-hydrogen) atoms. The number of rotatable bonds is 1. The maximum atomic E-state index is 12.6. The van der Waals surface area contributed by atoms with Crippen molar-refractivity contribution < 1.29 is 14.3 Å². The minimum Gasteiger partial charge on any atom is -0.505 e. The Morgan fingerprint density at radius 3 is 2.93 bits per heavy atom. The maximum Gasteiger partial charge on any atom is 0.186 e. The predicted molar refractivity (Wildman–Crippen MR) is 58.1 cm³/mol. The lowest BCUT2D eigenvalue weighted by Gasteiger charge is -1.94. The topological polar surface area (TPSA) is 37.3 Å². The van der Waals surface area contributed by atoms with Crippen LogP contribution in [-0.2, 0) is 4.79 Å². The molecule has 1 aromatic carbocycles. The molecule has 0 aliphatic heterocycles. The number of hydrogen-bond donors (Lipinski definition) is 1. The van der Waals surface area contributed by atoms with Crippen molar-refractivity contribution in [2.24, 2.45) is 0 Å². The molecule has 78 valence electrons. The molecular weight excluding hydrogens is 215 g/mol. The predicted octanol–water partition coefficient (Wildman–Crippen LogP) is 2.16. The summed E-state index contributed by atoms with van der Waals surface area (Å²) >= 11 is 1.11. The van der Waals surface area contributed by atoms with Gasteiger partial charge in [0.05, 0.1) is 5.75 Å². The van der Waals surface area contributed by atoms with Crippen LogP contribution < -0.4 is 0 Å². The van der Waals surface area contributed by atoms with Gasteiger partial charge in [-0.2, -0.15) is 0 Å². The minimum atomic E-state index is -0.668. The van der Waals surface area contributed by atoms with Crippen LogP contribution in [0.2, 0.25) is 0 Å². The number of hydrogen-bond acceptors (Lipinski definition) is 3. The van der Waals surface area contributed by atoms with Crippen LogP contribution in [0.15, 0.2) is 18.2 Å². The zero-order valence-electron chi connectivity index (χ0n) is 8.08. The summed E-state index contributed by atoms with van der Waals surface area (Å²) in [6.07, 6.45) is 0. The van der Waals surface area contributed by atoms with Crippen LogP contribution in [0.3, 0.4) is 0 Å². The van der Waals surface area contributed by atoms with E-state index in [0.29, 0.717) is 11.3 Å². The molecule has 0 unspecified atom stereocenters. The summed E-state index contributed by atoms with van der Waals surface area (Å²) in [5.74, 6) is 4.77. The van der Waals surface area contributed by atoms with Crippen LogP contribution in [0.5, 0.6) is 5.75 Å². The van der Waals surface area contributed by atoms with Crippen LogP contribution in [0, 0.1) is 17.7 Å². The van der Waals surface area contributed by atoms with Gasteiger partial charge in [0.15, 0.2) is 16.7 Å². The molecule has 0 amide bonds. The smallest absolute Gasteiger partial charge is 0.186 e. The number of aromatic hydroxyl groups is 1. The van der Waals surface area contributed by atoms with Crippen molar-refractivity contribution in [2.45, 2.75) is 6.92 Å². The van der Waals surface area contributed by atoms with Gasteiger partial charge < -0.3 is 5.11 Å². The molecule has 0 fully saturated rings. The van der Waals surface area contributed by atoms with E-state index in [-0.39, 0.29) is 5.12 Å². The second kappa shape index (κ2) is 5.42. The number of phenols is 1. The first kappa shape index (κ1) is 11.6. The number of phenolic OH excluding ortho intramolecular Hbond substituents is 1. The molecule has 1 rings (SSSR count). The molecule has 1 aromatic rings. The number of carbonyl (C=O) groups excluding carboxylic acids is 1. The SMILES string of the molecule is CC(=O)SCC#Cc1ccc(F)c(O)c1. The molecule has 0 saturated carbocycles. The number of thioether (sulfide) groups is 1. The van der Waals surface area contributed by atoms with Crippen molar-refractivity contribution >= 4 is 16.9 Å². The van der Waals surface area contributed by atoms with Crippen molar-refractivity contribution in [1.29, 1.82) is 0 Å². The van der Waals surface area contributed by atoms with Gasteiger partial charge in [0.25, 0.3) is 0 Å². The molecule has 0 heterocycles. The van der Waals surface area contributed by atoms with Crippen LogP contribution in [0.1, 0.15) is 12.5 Å². The van der Waals surface area contributed by atoms with Gasteiger partial charge in [0, 0.05) is 12.5 Å². The van der Waals surface area contributed by atoms with Crippen molar-refractivity contribution in [3.05, 3.63) is 29.6 Å². The number of halogens is 1. The van der Waals surface area contributed by atoms with E-state index in [1.165, 1.54) is 19.1 Å². The molecule has 1 N–H and O–H groups in total. The maximum absolute atomic E-state index is 12.6. The Morgan fingerprint density at radius 2 is 2.33 bits per heavy atom. The van der Waals surface area contributed by atoms with E-state index in [4.69, 9.17) is 5.11 Å². The number of benzene rings is 1. The van der Waals surface area contributed by atoms with E-state index in [1.54, 1.807) is 0 Å². The Kier molecular flexibility index (Phi) is 4.19. The largest absolute Gasteiger partial charge is 0.505 e. The van der Waals surface area contributed by atoms with Crippen LogP contribution in [-0.4, -0.2) is 16.0 Å². The molecule has 0 atom stereocenters. The lowest BCUT2D eigenvalue weighted by atomic mass is 10.2. The van der Waals surface area contributed by atoms with E-state index in [1.807, 2.05) is 0 Å². The average Bonchev–Trinajstić information content (AvgIpc) is 2.18.